The molecule has 0 aliphatic rings. The first kappa shape index (κ1) is 29.6. The van der Waals surface area contributed by atoms with E-state index in [2.05, 4.69) is 21.2 Å². The van der Waals surface area contributed by atoms with Crippen molar-refractivity contribution in [2.24, 2.45) is 0 Å². The number of halogens is 1. The van der Waals surface area contributed by atoms with Gasteiger partial charge in [-0.3, -0.25) is 13.9 Å². The van der Waals surface area contributed by atoms with Gasteiger partial charge in [0.1, 0.15) is 11.8 Å². The van der Waals surface area contributed by atoms with Crippen LogP contribution in [0, 0.1) is 0 Å². The Balaban J connectivity index is 2.17. The molecule has 8 nitrogen and oxygen atoms in total. The predicted molar refractivity (Wildman–Crippen MR) is 146 cm³/mol. The van der Waals surface area contributed by atoms with Crippen molar-refractivity contribution in [3.8, 4) is 5.75 Å². The fraction of sp³-hybridized carbons (Fsp3) is 0.462. The number of nitrogens with one attached hydrogen (secondary N) is 1. The fourth-order valence-electron chi connectivity index (χ4n) is 3.77. The Bertz CT molecular complexity index is 1130. The van der Waals surface area contributed by atoms with Gasteiger partial charge in [-0.05, 0) is 49.6 Å². The van der Waals surface area contributed by atoms with Crippen LogP contribution in [-0.4, -0.2) is 57.6 Å². The third kappa shape index (κ3) is 8.81. The molecule has 0 heterocycles. The number of methoxy groups -OCH3 is 1. The van der Waals surface area contributed by atoms with Crippen molar-refractivity contribution < 1.29 is 22.7 Å². The van der Waals surface area contributed by atoms with E-state index in [1.165, 1.54) is 11.4 Å². The van der Waals surface area contributed by atoms with Gasteiger partial charge in [-0.25, -0.2) is 8.42 Å². The molecule has 0 fully saturated rings. The average Bonchev–Trinajstić information content (AvgIpc) is 2.84. The highest BCUT2D eigenvalue weighted by molar-refractivity contribution is 9.10. The zero-order valence-corrected chi connectivity index (χ0v) is 23.8. The maximum absolute atomic E-state index is 13.3. The summed E-state index contributed by atoms with van der Waals surface area (Å²) in [6.07, 6.45) is 3.31. The Morgan fingerprint density at radius 3 is 2.47 bits per heavy atom. The topological polar surface area (TPSA) is 96.0 Å². The van der Waals surface area contributed by atoms with Gasteiger partial charge < -0.3 is 15.0 Å². The molecule has 1 unspecified atom stereocenters. The van der Waals surface area contributed by atoms with Crippen molar-refractivity contribution in [2.45, 2.75) is 52.1 Å². The molecule has 0 spiro atoms. The lowest BCUT2D eigenvalue weighted by Gasteiger charge is -2.29. The summed E-state index contributed by atoms with van der Waals surface area (Å²) in [6, 6.07) is 13.8. The van der Waals surface area contributed by atoms with Crippen molar-refractivity contribution >= 4 is 43.5 Å². The molecule has 0 aliphatic heterocycles. The normalized spacial score (nSPS) is 12.0. The van der Waals surface area contributed by atoms with E-state index in [1.54, 1.807) is 36.1 Å². The van der Waals surface area contributed by atoms with Crippen LogP contribution in [0.25, 0.3) is 0 Å². The molecule has 0 aliphatic carbocycles. The lowest BCUT2D eigenvalue weighted by Crippen LogP contribution is -2.48. The van der Waals surface area contributed by atoms with Crippen LogP contribution in [-0.2, 0) is 26.2 Å². The van der Waals surface area contributed by atoms with Gasteiger partial charge in [-0.2, -0.15) is 0 Å². The first-order valence-corrected chi connectivity index (χ1v) is 14.6. The molecule has 2 aromatic carbocycles. The zero-order chi connectivity index (χ0) is 26.7. The first-order valence-electron chi connectivity index (χ1n) is 12.0. The van der Waals surface area contributed by atoms with Crippen LogP contribution in [0.15, 0.2) is 53.0 Å². The zero-order valence-electron chi connectivity index (χ0n) is 21.4. The number of rotatable bonds is 14. The van der Waals surface area contributed by atoms with E-state index in [9.17, 15) is 18.0 Å². The summed E-state index contributed by atoms with van der Waals surface area (Å²) in [6.45, 7) is 4.69. The quantitative estimate of drug-likeness (QED) is 0.335. The Morgan fingerprint density at radius 1 is 1.11 bits per heavy atom. The number of amides is 2. The molecule has 0 saturated heterocycles. The van der Waals surface area contributed by atoms with Crippen molar-refractivity contribution in [1.29, 1.82) is 0 Å². The van der Waals surface area contributed by atoms with E-state index in [1.807, 2.05) is 31.2 Å². The second-order valence-corrected chi connectivity index (χ2v) is 11.4. The second kappa shape index (κ2) is 14.2. The SMILES string of the molecule is CCCCNC(=O)C(C)N(Cc1cccc(Br)c1)C(=O)CCCN(c1ccccc1OC)S(C)(=O)=O. The largest absolute Gasteiger partial charge is 0.495 e. The predicted octanol–water partition coefficient (Wildman–Crippen LogP) is 4.34. The van der Waals surface area contributed by atoms with Gasteiger partial charge in [-0.15, -0.1) is 0 Å². The van der Waals surface area contributed by atoms with Gasteiger partial charge in [0.25, 0.3) is 0 Å². The van der Waals surface area contributed by atoms with Crippen molar-refractivity contribution in [3.05, 3.63) is 58.6 Å². The number of hydrogen-bond acceptors (Lipinski definition) is 5. The Kier molecular flexibility index (Phi) is 11.7. The molecule has 0 bridgehead atoms. The summed E-state index contributed by atoms with van der Waals surface area (Å²) >= 11 is 3.45. The number of anilines is 1. The van der Waals surface area contributed by atoms with Crippen molar-refractivity contribution in [2.75, 3.05) is 30.8 Å². The molecular weight excluding hydrogens is 546 g/mol. The number of hydrogen-bond donors (Lipinski definition) is 1. The third-order valence-electron chi connectivity index (χ3n) is 5.74. The Hall–Kier alpha value is -2.59. The molecule has 0 radical (unpaired) electrons. The van der Waals surface area contributed by atoms with Gasteiger partial charge >= 0.3 is 0 Å². The number of para-hydroxylation sites is 2. The maximum Gasteiger partial charge on any atom is 0.242 e. The molecule has 0 aromatic heterocycles. The standard InChI is InChI=1S/C26H36BrN3O5S/c1-5-6-16-28-26(32)20(2)29(19-21-11-9-12-22(27)18-21)25(31)15-10-17-30(36(4,33)34)23-13-7-8-14-24(23)35-3/h7-9,11-14,18,20H,5-6,10,15-17,19H2,1-4H3,(H,28,32). The van der Waals surface area contributed by atoms with E-state index < -0.39 is 16.1 Å². The lowest BCUT2D eigenvalue weighted by molar-refractivity contribution is -0.140. The van der Waals surface area contributed by atoms with E-state index in [0.29, 0.717) is 18.0 Å². The summed E-state index contributed by atoms with van der Waals surface area (Å²) in [5, 5.41) is 2.90. The Morgan fingerprint density at radius 2 is 1.83 bits per heavy atom. The van der Waals surface area contributed by atoms with Crippen molar-refractivity contribution in [1.82, 2.24) is 10.2 Å². The summed E-state index contributed by atoms with van der Waals surface area (Å²) in [7, 11) is -2.12. The van der Waals surface area contributed by atoms with E-state index in [-0.39, 0.29) is 37.7 Å². The van der Waals surface area contributed by atoms with Gasteiger partial charge in [0.2, 0.25) is 21.8 Å². The van der Waals surface area contributed by atoms with E-state index >= 15 is 0 Å². The van der Waals surface area contributed by atoms with Gasteiger partial charge in [0, 0.05) is 30.5 Å². The van der Waals surface area contributed by atoms with Crippen LogP contribution in [0.1, 0.15) is 45.1 Å². The Labute approximate surface area is 223 Å². The second-order valence-electron chi connectivity index (χ2n) is 8.58. The number of carbonyl (C=O) groups is 2. The summed E-state index contributed by atoms with van der Waals surface area (Å²) < 4.78 is 32.5. The smallest absolute Gasteiger partial charge is 0.242 e. The average molecular weight is 583 g/mol. The van der Waals surface area contributed by atoms with Crippen LogP contribution < -0.4 is 14.4 Å². The van der Waals surface area contributed by atoms with Gasteiger partial charge in [0.15, 0.2) is 0 Å². The van der Waals surface area contributed by atoms with Gasteiger partial charge in [-0.1, -0.05) is 53.5 Å². The monoisotopic (exact) mass is 581 g/mol. The van der Waals surface area contributed by atoms with Crippen LogP contribution in [0.3, 0.4) is 0 Å². The third-order valence-corrected chi connectivity index (χ3v) is 7.42. The molecule has 1 N–H and O–H groups in total. The number of nitrogens with zero attached hydrogens (tertiary/aromatic N) is 2. The molecule has 0 saturated carbocycles. The molecule has 10 heteroatoms. The fourth-order valence-corrected chi connectivity index (χ4v) is 5.18. The highest BCUT2D eigenvalue weighted by atomic mass is 79.9. The number of unbranched alkanes of at least 4 members (excludes halogenated alkanes) is 1. The minimum atomic E-state index is -3.61. The first-order chi connectivity index (χ1) is 17.1. The molecule has 2 rings (SSSR count). The van der Waals surface area contributed by atoms with E-state index in [0.717, 1.165) is 29.1 Å². The number of benzene rings is 2. The lowest BCUT2D eigenvalue weighted by atomic mass is 10.1. The van der Waals surface area contributed by atoms with Crippen LogP contribution in [0.5, 0.6) is 5.75 Å². The van der Waals surface area contributed by atoms with E-state index in [4.69, 9.17) is 4.74 Å². The summed E-state index contributed by atoms with van der Waals surface area (Å²) in [4.78, 5) is 27.7. The van der Waals surface area contributed by atoms with Gasteiger partial charge in [0.05, 0.1) is 19.1 Å². The highest BCUT2D eigenvalue weighted by Crippen LogP contribution is 2.29. The molecule has 36 heavy (non-hydrogen) atoms. The molecule has 2 aromatic rings. The number of carbonyl (C=O) groups excluding carboxylic acids is 2. The van der Waals surface area contributed by atoms with Crippen molar-refractivity contribution in [3.63, 3.8) is 0 Å². The minimum Gasteiger partial charge on any atom is -0.495 e. The van der Waals surface area contributed by atoms with Crippen LogP contribution in [0.4, 0.5) is 5.69 Å². The molecule has 1 atom stereocenters. The van der Waals surface area contributed by atoms with Crippen LogP contribution in [0.2, 0.25) is 0 Å². The number of ether oxygens (including phenoxy) is 1. The molecular formula is C26H36BrN3O5S. The van der Waals surface area contributed by atoms with Crippen LogP contribution >= 0.6 is 15.9 Å². The number of sulfonamides is 1. The summed E-state index contributed by atoms with van der Waals surface area (Å²) in [5.41, 5.74) is 1.31. The molecule has 2 amide bonds. The summed E-state index contributed by atoms with van der Waals surface area (Å²) in [5.74, 6) is 0.00285. The highest BCUT2D eigenvalue weighted by Gasteiger charge is 2.27. The molecule has 198 valence electrons. The maximum atomic E-state index is 13.3. The minimum absolute atomic E-state index is 0.0851.